The molecule has 0 unspecified atom stereocenters. The number of fused-ring (bicyclic) bond motifs is 3. The number of aliphatic carboxylic acids is 1. The molecule has 132 valence electrons. The van der Waals surface area contributed by atoms with E-state index in [1.54, 1.807) is 11.3 Å². The molecular formula is C19H15N2O3S2-. The van der Waals surface area contributed by atoms with Crippen molar-refractivity contribution in [2.75, 3.05) is 5.75 Å². The highest BCUT2D eigenvalue weighted by Crippen LogP contribution is 2.36. The van der Waals surface area contributed by atoms with Crippen LogP contribution >= 0.6 is 23.1 Å². The highest BCUT2D eigenvalue weighted by Gasteiger charge is 2.21. The number of thiophene rings is 1. The second kappa shape index (κ2) is 7.09. The number of thioether (sulfide) groups is 1. The number of carboxylic acids is 1. The van der Waals surface area contributed by atoms with Crippen LogP contribution in [-0.2, 0) is 17.6 Å². The summed E-state index contributed by atoms with van der Waals surface area (Å²) in [4.78, 5) is 33.6. The molecule has 0 bridgehead atoms. The maximum Gasteiger partial charge on any atom is 0.260 e. The van der Waals surface area contributed by atoms with E-state index in [0.29, 0.717) is 16.1 Å². The van der Waals surface area contributed by atoms with E-state index in [4.69, 9.17) is 0 Å². The van der Waals surface area contributed by atoms with Gasteiger partial charge in [-0.05, 0) is 36.5 Å². The van der Waals surface area contributed by atoms with Gasteiger partial charge in [0.25, 0.3) is 5.56 Å². The summed E-state index contributed by atoms with van der Waals surface area (Å²) >= 11 is 2.66. The van der Waals surface area contributed by atoms with Crippen molar-refractivity contribution in [3.63, 3.8) is 0 Å². The van der Waals surface area contributed by atoms with E-state index in [2.05, 4.69) is 9.97 Å². The average molecular weight is 383 g/mol. The number of nitrogens with one attached hydrogen (secondary N) is 1. The number of carbonyl (C=O) groups excluding carboxylic acids is 1. The van der Waals surface area contributed by atoms with Crippen LogP contribution < -0.4 is 10.7 Å². The second-order valence-corrected chi connectivity index (χ2v) is 8.13. The fourth-order valence-electron chi connectivity index (χ4n) is 3.13. The molecule has 5 nitrogen and oxygen atoms in total. The van der Waals surface area contributed by atoms with Gasteiger partial charge in [-0.2, -0.15) is 0 Å². The minimum Gasteiger partial charge on any atom is -0.549 e. The van der Waals surface area contributed by atoms with Gasteiger partial charge in [0.05, 0.1) is 16.3 Å². The standard InChI is InChI=1S/C19H16N2O3S2/c22-15(23)10-25-14(9-11-5-2-1-3-6-11)17-20-18(24)16-12-7-4-8-13(12)26-19(16)21-17/h1-3,5-6,9H,4,7-8,10H2,(H,22,23)(H,20,21,24)/p-1/b14-9-. The number of aryl methyl sites for hydroxylation is 2. The number of hydrogen-bond acceptors (Lipinski definition) is 6. The van der Waals surface area contributed by atoms with Crippen molar-refractivity contribution in [3.8, 4) is 0 Å². The quantitative estimate of drug-likeness (QED) is 0.731. The molecule has 4 rings (SSSR count). The number of nitrogens with zero attached hydrogens (tertiary/aromatic N) is 1. The van der Waals surface area contributed by atoms with E-state index >= 15 is 0 Å². The van der Waals surface area contributed by atoms with Gasteiger partial charge in [0.1, 0.15) is 10.7 Å². The van der Waals surface area contributed by atoms with Crippen molar-refractivity contribution in [3.05, 3.63) is 62.5 Å². The summed E-state index contributed by atoms with van der Waals surface area (Å²) in [6.45, 7) is 0. The van der Waals surface area contributed by atoms with Crippen LogP contribution in [0.1, 0.15) is 28.2 Å². The Bertz CT molecular complexity index is 1070. The van der Waals surface area contributed by atoms with Crippen LogP contribution in [0.15, 0.2) is 35.1 Å². The molecule has 1 aliphatic rings. The molecule has 0 aliphatic heterocycles. The van der Waals surface area contributed by atoms with E-state index in [0.717, 1.165) is 47.0 Å². The van der Waals surface area contributed by atoms with Crippen LogP contribution in [0.25, 0.3) is 21.2 Å². The molecule has 1 aromatic carbocycles. The molecule has 1 aliphatic carbocycles. The normalized spacial score (nSPS) is 13.9. The number of H-pyrrole nitrogens is 1. The smallest absolute Gasteiger partial charge is 0.260 e. The van der Waals surface area contributed by atoms with Gasteiger partial charge in [-0.3, -0.25) is 4.79 Å². The molecule has 0 saturated carbocycles. The SMILES string of the molecule is O=C([O-])CS/C(=C\c1ccccc1)c1nc2sc3c(c2c(=O)[nH]1)CCC3. The molecule has 0 fully saturated rings. The number of hydrogen-bond donors (Lipinski definition) is 1. The first kappa shape index (κ1) is 17.1. The van der Waals surface area contributed by atoms with Gasteiger partial charge in [0.15, 0.2) is 0 Å². The van der Waals surface area contributed by atoms with Crippen molar-refractivity contribution in [1.29, 1.82) is 0 Å². The molecule has 3 aromatic rings. The summed E-state index contributed by atoms with van der Waals surface area (Å²) in [5.41, 5.74) is 1.88. The summed E-state index contributed by atoms with van der Waals surface area (Å²) in [7, 11) is 0. The summed E-state index contributed by atoms with van der Waals surface area (Å²) < 4.78 is 0. The van der Waals surface area contributed by atoms with Crippen molar-refractivity contribution in [2.24, 2.45) is 0 Å². The lowest BCUT2D eigenvalue weighted by atomic mass is 10.2. The van der Waals surface area contributed by atoms with Crippen LogP contribution in [0.4, 0.5) is 0 Å². The third-order valence-corrected chi connectivity index (χ3v) is 6.44. The molecule has 0 spiro atoms. The number of aromatic nitrogens is 2. The Morgan fingerprint density at radius 1 is 1.31 bits per heavy atom. The zero-order valence-electron chi connectivity index (χ0n) is 13.8. The van der Waals surface area contributed by atoms with E-state index in [-0.39, 0.29) is 11.3 Å². The largest absolute Gasteiger partial charge is 0.549 e. The Hall–Kier alpha value is -2.38. The fourth-order valence-corrected chi connectivity index (χ4v) is 5.12. The molecule has 0 atom stereocenters. The molecule has 0 radical (unpaired) electrons. The van der Waals surface area contributed by atoms with Crippen molar-refractivity contribution in [1.82, 2.24) is 9.97 Å². The Morgan fingerprint density at radius 2 is 2.12 bits per heavy atom. The second-order valence-electron chi connectivity index (χ2n) is 6.03. The van der Waals surface area contributed by atoms with Crippen LogP contribution in [0.2, 0.25) is 0 Å². The highest BCUT2D eigenvalue weighted by molar-refractivity contribution is 8.09. The predicted molar refractivity (Wildman–Crippen MR) is 104 cm³/mol. The number of rotatable bonds is 5. The van der Waals surface area contributed by atoms with Crippen molar-refractivity contribution < 1.29 is 9.90 Å². The monoisotopic (exact) mass is 383 g/mol. The molecule has 2 heterocycles. The van der Waals surface area contributed by atoms with E-state index in [1.807, 2.05) is 36.4 Å². The molecule has 26 heavy (non-hydrogen) atoms. The zero-order chi connectivity index (χ0) is 18.1. The Morgan fingerprint density at radius 3 is 2.88 bits per heavy atom. The van der Waals surface area contributed by atoms with E-state index in [1.165, 1.54) is 4.88 Å². The lowest BCUT2D eigenvalue weighted by Crippen LogP contribution is -2.24. The van der Waals surface area contributed by atoms with Gasteiger partial charge in [-0.1, -0.05) is 30.3 Å². The van der Waals surface area contributed by atoms with Crippen LogP contribution in [0.5, 0.6) is 0 Å². The lowest BCUT2D eigenvalue weighted by molar-refractivity contribution is -0.301. The van der Waals surface area contributed by atoms with Crippen LogP contribution in [0, 0.1) is 0 Å². The van der Waals surface area contributed by atoms with Gasteiger partial charge in [0.2, 0.25) is 0 Å². The van der Waals surface area contributed by atoms with Crippen molar-refractivity contribution in [2.45, 2.75) is 19.3 Å². The third-order valence-electron chi connectivity index (χ3n) is 4.25. The molecule has 0 amide bonds. The van der Waals surface area contributed by atoms with Gasteiger partial charge < -0.3 is 14.9 Å². The Labute approximate surface area is 157 Å². The first-order valence-electron chi connectivity index (χ1n) is 8.26. The maximum atomic E-state index is 12.7. The summed E-state index contributed by atoms with van der Waals surface area (Å²) in [5.74, 6) is -0.966. The molecule has 0 saturated heterocycles. The zero-order valence-corrected chi connectivity index (χ0v) is 15.4. The topological polar surface area (TPSA) is 85.9 Å². The molecule has 7 heteroatoms. The minimum atomic E-state index is -1.16. The summed E-state index contributed by atoms with van der Waals surface area (Å²) in [6, 6.07) is 9.53. The van der Waals surface area contributed by atoms with Gasteiger partial charge in [0, 0.05) is 10.6 Å². The molecular weight excluding hydrogens is 368 g/mol. The number of benzene rings is 1. The van der Waals surface area contributed by atoms with Crippen molar-refractivity contribution >= 4 is 50.3 Å². The van der Waals surface area contributed by atoms with E-state index in [9.17, 15) is 14.7 Å². The third kappa shape index (κ3) is 3.32. The highest BCUT2D eigenvalue weighted by atomic mass is 32.2. The Kier molecular flexibility index (Phi) is 4.65. The van der Waals surface area contributed by atoms with Crippen LogP contribution in [0.3, 0.4) is 0 Å². The number of carbonyl (C=O) groups is 1. The van der Waals surface area contributed by atoms with Crippen LogP contribution in [-0.4, -0.2) is 21.7 Å². The minimum absolute atomic E-state index is 0.155. The van der Waals surface area contributed by atoms with Gasteiger partial charge in [-0.25, -0.2) is 4.98 Å². The molecule has 1 N–H and O–H groups in total. The maximum absolute atomic E-state index is 12.7. The number of aromatic amines is 1. The van der Waals surface area contributed by atoms with E-state index < -0.39 is 5.97 Å². The Balaban J connectivity index is 1.81. The first-order chi connectivity index (χ1) is 12.6. The predicted octanol–water partition coefficient (Wildman–Crippen LogP) is 2.45. The first-order valence-corrected chi connectivity index (χ1v) is 10.1. The average Bonchev–Trinajstić information content (AvgIpc) is 3.19. The van der Waals surface area contributed by atoms with Gasteiger partial charge >= 0.3 is 0 Å². The summed E-state index contributed by atoms with van der Waals surface area (Å²) in [5, 5.41) is 11.6. The number of carboxylic acid groups (broad SMARTS) is 1. The lowest BCUT2D eigenvalue weighted by Gasteiger charge is -2.08. The molecule has 2 aromatic heterocycles. The fraction of sp³-hybridized carbons (Fsp3) is 0.211. The van der Waals surface area contributed by atoms with Gasteiger partial charge in [-0.15, -0.1) is 23.1 Å². The summed E-state index contributed by atoms with van der Waals surface area (Å²) in [6.07, 6.45) is 4.83.